The van der Waals surface area contributed by atoms with Gasteiger partial charge in [0, 0.05) is 12.6 Å². The predicted molar refractivity (Wildman–Crippen MR) is 87.9 cm³/mol. The Bertz CT molecular complexity index is 533. The van der Waals surface area contributed by atoms with Gasteiger partial charge in [-0.1, -0.05) is 33.8 Å². The molecule has 0 unspecified atom stereocenters. The van der Waals surface area contributed by atoms with Crippen LogP contribution in [0.1, 0.15) is 63.6 Å². The molecular weight excluding hydrogens is 256 g/mol. The fourth-order valence-electron chi connectivity index (χ4n) is 4.21. The average molecular weight is 284 g/mol. The third-order valence-electron chi connectivity index (χ3n) is 4.61. The molecule has 1 aliphatic carbocycles. The molecule has 0 radical (unpaired) electrons. The molecule has 0 amide bonds. The summed E-state index contributed by atoms with van der Waals surface area (Å²) in [5.74, 6) is 0. The molecule has 21 heavy (non-hydrogen) atoms. The van der Waals surface area contributed by atoms with Gasteiger partial charge in [0.25, 0.3) is 0 Å². The van der Waals surface area contributed by atoms with Crippen molar-refractivity contribution in [1.82, 2.24) is 5.32 Å². The highest BCUT2D eigenvalue weighted by molar-refractivity contribution is 5.37. The second-order valence-corrected chi connectivity index (χ2v) is 8.24. The van der Waals surface area contributed by atoms with Crippen LogP contribution in [0.5, 0.6) is 0 Å². The number of nitrogens with one attached hydrogen (secondary N) is 1. The van der Waals surface area contributed by atoms with Crippen LogP contribution >= 0.6 is 0 Å². The summed E-state index contributed by atoms with van der Waals surface area (Å²) in [7, 11) is 0. The molecule has 0 bridgehead atoms. The molecule has 2 nitrogen and oxygen atoms in total. The summed E-state index contributed by atoms with van der Waals surface area (Å²) >= 11 is 0. The van der Waals surface area contributed by atoms with E-state index in [9.17, 15) is 0 Å². The molecule has 1 aromatic carbocycles. The Labute approximate surface area is 129 Å². The molecule has 114 valence electrons. The molecule has 0 saturated heterocycles. The molecule has 1 aromatic rings. The van der Waals surface area contributed by atoms with Gasteiger partial charge in [0.1, 0.15) is 0 Å². The molecular formula is C19H28N2. The maximum Gasteiger partial charge on any atom is 0.0991 e. The van der Waals surface area contributed by atoms with Gasteiger partial charge in [-0.25, -0.2) is 0 Å². The zero-order chi connectivity index (χ0) is 15.7. The van der Waals surface area contributed by atoms with Gasteiger partial charge in [-0.2, -0.15) is 5.26 Å². The minimum atomic E-state index is 0.416. The number of aryl methyl sites for hydroxylation is 1. The van der Waals surface area contributed by atoms with Gasteiger partial charge in [0.05, 0.1) is 11.6 Å². The molecule has 0 aliphatic heterocycles. The van der Waals surface area contributed by atoms with E-state index in [-0.39, 0.29) is 0 Å². The number of rotatable bonds is 3. The lowest BCUT2D eigenvalue weighted by molar-refractivity contribution is 0.0845. The van der Waals surface area contributed by atoms with E-state index in [1.165, 1.54) is 30.4 Å². The summed E-state index contributed by atoms with van der Waals surface area (Å²) in [5.41, 5.74) is 4.08. The van der Waals surface area contributed by atoms with Crippen LogP contribution in [-0.4, -0.2) is 6.04 Å². The van der Waals surface area contributed by atoms with Crippen LogP contribution < -0.4 is 5.32 Å². The van der Waals surface area contributed by atoms with E-state index in [1.807, 2.05) is 12.1 Å². The van der Waals surface area contributed by atoms with Crippen LogP contribution in [0.3, 0.4) is 0 Å². The maximum absolute atomic E-state index is 8.94. The number of nitrogens with zero attached hydrogens (tertiary/aromatic N) is 1. The fourth-order valence-corrected chi connectivity index (χ4v) is 4.21. The molecule has 1 saturated carbocycles. The first-order valence-electron chi connectivity index (χ1n) is 7.94. The highest BCUT2D eigenvalue weighted by atomic mass is 14.9. The van der Waals surface area contributed by atoms with Crippen LogP contribution in [0.25, 0.3) is 0 Å². The summed E-state index contributed by atoms with van der Waals surface area (Å²) in [6.07, 6.45) is 3.78. The zero-order valence-electron chi connectivity index (χ0n) is 14.1. The SMILES string of the molecule is Cc1cc(C#N)ccc1CNC1CC(C)(C)CC(C)(C)C1. The minimum absolute atomic E-state index is 0.416. The highest BCUT2D eigenvalue weighted by Crippen LogP contribution is 2.45. The minimum Gasteiger partial charge on any atom is -0.310 e. The van der Waals surface area contributed by atoms with E-state index in [2.05, 4.69) is 52.1 Å². The van der Waals surface area contributed by atoms with Crippen molar-refractivity contribution >= 4 is 0 Å². The maximum atomic E-state index is 8.94. The van der Waals surface area contributed by atoms with Crippen molar-refractivity contribution in [3.05, 3.63) is 34.9 Å². The Hall–Kier alpha value is -1.33. The van der Waals surface area contributed by atoms with E-state index in [0.29, 0.717) is 16.9 Å². The first kappa shape index (κ1) is 16.0. The molecule has 0 heterocycles. The van der Waals surface area contributed by atoms with Crippen molar-refractivity contribution in [3.63, 3.8) is 0 Å². The van der Waals surface area contributed by atoms with Crippen LogP contribution in [0.2, 0.25) is 0 Å². The summed E-state index contributed by atoms with van der Waals surface area (Å²) in [6.45, 7) is 12.5. The van der Waals surface area contributed by atoms with Gasteiger partial charge >= 0.3 is 0 Å². The number of hydrogen-bond acceptors (Lipinski definition) is 2. The van der Waals surface area contributed by atoms with Crippen molar-refractivity contribution in [2.45, 2.75) is 66.5 Å². The fraction of sp³-hybridized carbons (Fsp3) is 0.632. The van der Waals surface area contributed by atoms with Gasteiger partial charge in [0.2, 0.25) is 0 Å². The van der Waals surface area contributed by atoms with Crippen LogP contribution in [0.15, 0.2) is 18.2 Å². The summed E-state index contributed by atoms with van der Waals surface area (Å²) in [5, 5.41) is 12.7. The first-order chi connectivity index (χ1) is 9.71. The van der Waals surface area contributed by atoms with Gasteiger partial charge in [0.15, 0.2) is 0 Å². The van der Waals surface area contributed by atoms with E-state index >= 15 is 0 Å². The summed E-state index contributed by atoms with van der Waals surface area (Å²) in [6, 6.07) is 8.76. The van der Waals surface area contributed by atoms with E-state index in [1.54, 1.807) is 0 Å². The molecule has 1 fully saturated rings. The Morgan fingerprint density at radius 2 is 1.81 bits per heavy atom. The molecule has 0 aromatic heterocycles. The lowest BCUT2D eigenvalue weighted by Crippen LogP contribution is -2.43. The number of hydrogen-bond donors (Lipinski definition) is 1. The number of benzene rings is 1. The van der Waals surface area contributed by atoms with Crippen molar-refractivity contribution in [1.29, 1.82) is 5.26 Å². The average Bonchev–Trinajstić information content (AvgIpc) is 2.33. The third-order valence-corrected chi connectivity index (χ3v) is 4.61. The van der Waals surface area contributed by atoms with Gasteiger partial charge in [-0.15, -0.1) is 0 Å². The molecule has 0 atom stereocenters. The third kappa shape index (κ3) is 4.32. The largest absolute Gasteiger partial charge is 0.310 e. The Morgan fingerprint density at radius 1 is 1.19 bits per heavy atom. The second kappa shape index (κ2) is 5.81. The summed E-state index contributed by atoms with van der Waals surface area (Å²) < 4.78 is 0. The lowest BCUT2D eigenvalue weighted by atomic mass is 9.63. The zero-order valence-corrected chi connectivity index (χ0v) is 14.1. The standard InChI is InChI=1S/C19H28N2/c1-14-8-15(11-20)6-7-16(14)12-21-17-9-18(2,3)13-19(4,5)10-17/h6-8,17,21H,9-10,12-13H2,1-5H3. The molecule has 0 spiro atoms. The van der Waals surface area contributed by atoms with Gasteiger partial charge in [-0.3, -0.25) is 0 Å². The van der Waals surface area contributed by atoms with Gasteiger partial charge in [-0.05, 0) is 60.3 Å². The first-order valence-corrected chi connectivity index (χ1v) is 7.94. The predicted octanol–water partition coefficient (Wildman–Crippen LogP) is 4.56. The molecule has 2 rings (SSSR count). The highest BCUT2D eigenvalue weighted by Gasteiger charge is 2.38. The quantitative estimate of drug-likeness (QED) is 0.883. The van der Waals surface area contributed by atoms with Crippen LogP contribution in [-0.2, 0) is 6.54 Å². The lowest BCUT2D eigenvalue weighted by Gasteiger charge is -2.45. The van der Waals surface area contributed by atoms with Crippen LogP contribution in [0, 0.1) is 29.1 Å². The van der Waals surface area contributed by atoms with Gasteiger partial charge < -0.3 is 5.32 Å². The van der Waals surface area contributed by atoms with E-state index in [4.69, 9.17) is 5.26 Å². The van der Waals surface area contributed by atoms with E-state index < -0.39 is 0 Å². The normalized spacial score (nSPS) is 21.0. The van der Waals surface area contributed by atoms with Crippen molar-refractivity contribution < 1.29 is 0 Å². The Kier molecular flexibility index (Phi) is 4.44. The van der Waals surface area contributed by atoms with Crippen LogP contribution in [0.4, 0.5) is 0 Å². The van der Waals surface area contributed by atoms with E-state index in [0.717, 1.165) is 12.1 Å². The van der Waals surface area contributed by atoms with Crippen molar-refractivity contribution in [2.75, 3.05) is 0 Å². The van der Waals surface area contributed by atoms with Crippen molar-refractivity contribution in [2.24, 2.45) is 10.8 Å². The Balaban J connectivity index is 2.01. The molecule has 2 heteroatoms. The topological polar surface area (TPSA) is 35.8 Å². The summed E-state index contributed by atoms with van der Waals surface area (Å²) in [4.78, 5) is 0. The Morgan fingerprint density at radius 3 is 2.33 bits per heavy atom. The number of nitriles is 1. The van der Waals surface area contributed by atoms with Crippen molar-refractivity contribution in [3.8, 4) is 6.07 Å². The monoisotopic (exact) mass is 284 g/mol. The smallest absolute Gasteiger partial charge is 0.0991 e. The molecule has 1 aliphatic rings. The second-order valence-electron chi connectivity index (χ2n) is 8.24. The molecule has 1 N–H and O–H groups in total.